The lowest BCUT2D eigenvalue weighted by Crippen LogP contribution is -2.42. The summed E-state index contributed by atoms with van der Waals surface area (Å²) in [4.78, 5) is 2.26. The zero-order valence-corrected chi connectivity index (χ0v) is 12.7. The van der Waals surface area contributed by atoms with Crippen molar-refractivity contribution in [2.75, 3.05) is 20.2 Å². The van der Waals surface area contributed by atoms with Crippen molar-refractivity contribution < 1.29 is 9.84 Å². The van der Waals surface area contributed by atoms with Gasteiger partial charge < -0.3 is 9.84 Å². The molecule has 1 aliphatic heterocycles. The molecule has 3 heteroatoms. The zero-order chi connectivity index (χ0) is 14.4. The van der Waals surface area contributed by atoms with Crippen molar-refractivity contribution in [3.8, 4) is 0 Å². The summed E-state index contributed by atoms with van der Waals surface area (Å²) in [6.07, 6.45) is 4.41. The lowest BCUT2D eigenvalue weighted by atomic mass is 9.98. The third-order valence-electron chi connectivity index (χ3n) is 4.26. The summed E-state index contributed by atoms with van der Waals surface area (Å²) >= 11 is 0. The maximum absolute atomic E-state index is 10.6. The molecule has 0 bridgehead atoms. The first kappa shape index (κ1) is 15.5. The molecule has 1 aromatic carbocycles. The van der Waals surface area contributed by atoms with Crippen LogP contribution in [0.1, 0.15) is 44.3 Å². The van der Waals surface area contributed by atoms with E-state index in [2.05, 4.69) is 18.9 Å². The molecule has 1 aliphatic rings. The summed E-state index contributed by atoms with van der Waals surface area (Å²) in [6, 6.07) is 10.1. The number of benzene rings is 1. The molecule has 0 saturated carbocycles. The topological polar surface area (TPSA) is 32.7 Å². The highest BCUT2D eigenvalue weighted by Gasteiger charge is 2.26. The predicted octanol–water partition coefficient (Wildman–Crippen LogP) is 3.00. The normalized spacial score (nSPS) is 22.7. The third-order valence-corrected chi connectivity index (χ3v) is 4.26. The second-order valence-corrected chi connectivity index (χ2v) is 5.76. The van der Waals surface area contributed by atoms with Gasteiger partial charge in [-0.2, -0.15) is 0 Å². The highest BCUT2D eigenvalue weighted by atomic mass is 16.5. The molecular formula is C17H27NO2. The third kappa shape index (κ3) is 4.05. The van der Waals surface area contributed by atoms with Crippen molar-refractivity contribution >= 4 is 0 Å². The lowest BCUT2D eigenvalue weighted by Gasteiger charge is -2.35. The van der Waals surface area contributed by atoms with E-state index in [1.807, 2.05) is 30.3 Å². The number of nitrogens with zero attached hydrogens (tertiary/aromatic N) is 1. The quantitative estimate of drug-likeness (QED) is 0.867. The Morgan fingerprint density at radius 2 is 2.05 bits per heavy atom. The van der Waals surface area contributed by atoms with Crippen molar-refractivity contribution in [3.63, 3.8) is 0 Å². The molecule has 3 nitrogen and oxygen atoms in total. The standard InChI is InChI=1S/C17H27NO2/c1-3-16(17(19)14-9-5-4-6-10-14)18(2)13-15-11-7-8-12-20-15/h4-6,9-10,15-17,19H,3,7-8,11-13H2,1-2H3. The number of aliphatic hydroxyl groups excluding tert-OH is 1. The first-order valence-corrected chi connectivity index (χ1v) is 7.77. The second kappa shape index (κ2) is 7.77. The summed E-state index contributed by atoms with van der Waals surface area (Å²) < 4.78 is 5.81. The van der Waals surface area contributed by atoms with Crippen LogP contribution >= 0.6 is 0 Å². The largest absolute Gasteiger partial charge is 0.387 e. The average molecular weight is 277 g/mol. The highest BCUT2D eigenvalue weighted by Crippen LogP contribution is 2.24. The minimum Gasteiger partial charge on any atom is -0.387 e. The van der Waals surface area contributed by atoms with Crippen molar-refractivity contribution in [1.82, 2.24) is 4.90 Å². The molecular weight excluding hydrogens is 250 g/mol. The highest BCUT2D eigenvalue weighted by molar-refractivity contribution is 5.18. The minimum atomic E-state index is -0.435. The summed E-state index contributed by atoms with van der Waals surface area (Å²) in [5.41, 5.74) is 0.996. The number of hydrogen-bond acceptors (Lipinski definition) is 3. The Balaban J connectivity index is 1.95. The van der Waals surface area contributed by atoms with Gasteiger partial charge in [-0.25, -0.2) is 0 Å². The van der Waals surface area contributed by atoms with E-state index >= 15 is 0 Å². The maximum Gasteiger partial charge on any atom is 0.0944 e. The molecule has 112 valence electrons. The molecule has 0 aliphatic carbocycles. The van der Waals surface area contributed by atoms with Crippen LogP contribution in [0, 0.1) is 0 Å². The van der Waals surface area contributed by atoms with Gasteiger partial charge in [0.1, 0.15) is 0 Å². The molecule has 1 N–H and O–H groups in total. The fraction of sp³-hybridized carbons (Fsp3) is 0.647. The molecule has 0 aromatic heterocycles. The number of aliphatic hydroxyl groups is 1. The van der Waals surface area contributed by atoms with Crippen LogP contribution in [-0.2, 0) is 4.74 Å². The van der Waals surface area contributed by atoms with Gasteiger partial charge in [-0.3, -0.25) is 4.90 Å². The Bertz CT molecular complexity index is 376. The first-order chi connectivity index (χ1) is 9.72. The maximum atomic E-state index is 10.6. The molecule has 1 heterocycles. The van der Waals surface area contributed by atoms with Crippen molar-refractivity contribution in [3.05, 3.63) is 35.9 Å². The number of likely N-dealkylation sites (N-methyl/N-ethyl adjacent to an activating group) is 1. The molecule has 3 unspecified atom stereocenters. The summed E-state index contributed by atoms with van der Waals surface area (Å²) in [6.45, 7) is 3.92. The van der Waals surface area contributed by atoms with Gasteiger partial charge in [-0.05, 0) is 38.3 Å². The van der Waals surface area contributed by atoms with Crippen molar-refractivity contribution in [2.24, 2.45) is 0 Å². The number of rotatable bonds is 6. The molecule has 0 amide bonds. The van der Waals surface area contributed by atoms with Gasteiger partial charge in [-0.15, -0.1) is 0 Å². The molecule has 1 fully saturated rings. The Morgan fingerprint density at radius 1 is 1.30 bits per heavy atom. The van der Waals surface area contributed by atoms with E-state index in [0.717, 1.165) is 31.6 Å². The fourth-order valence-electron chi connectivity index (χ4n) is 3.06. The van der Waals surface area contributed by atoms with E-state index in [-0.39, 0.29) is 6.04 Å². The van der Waals surface area contributed by atoms with Crippen LogP contribution in [-0.4, -0.2) is 42.4 Å². The van der Waals surface area contributed by atoms with Gasteiger partial charge in [-0.1, -0.05) is 37.3 Å². The van der Waals surface area contributed by atoms with E-state index in [9.17, 15) is 5.11 Å². The molecule has 1 saturated heterocycles. The zero-order valence-electron chi connectivity index (χ0n) is 12.7. The Hall–Kier alpha value is -0.900. The number of hydrogen-bond donors (Lipinski definition) is 1. The van der Waals surface area contributed by atoms with E-state index in [4.69, 9.17) is 4.74 Å². The van der Waals surface area contributed by atoms with Crippen molar-refractivity contribution in [1.29, 1.82) is 0 Å². The van der Waals surface area contributed by atoms with Gasteiger partial charge in [0.05, 0.1) is 12.2 Å². The predicted molar refractivity (Wildman–Crippen MR) is 81.7 cm³/mol. The van der Waals surface area contributed by atoms with Gasteiger partial charge >= 0.3 is 0 Å². The molecule has 20 heavy (non-hydrogen) atoms. The van der Waals surface area contributed by atoms with Crippen LogP contribution in [0.3, 0.4) is 0 Å². The van der Waals surface area contributed by atoms with E-state index in [1.165, 1.54) is 12.8 Å². The van der Waals surface area contributed by atoms with Crippen LogP contribution < -0.4 is 0 Å². The van der Waals surface area contributed by atoms with Gasteiger partial charge in [0, 0.05) is 19.2 Å². The molecule has 0 spiro atoms. The van der Waals surface area contributed by atoms with E-state index < -0.39 is 6.10 Å². The Morgan fingerprint density at radius 3 is 2.65 bits per heavy atom. The monoisotopic (exact) mass is 277 g/mol. The van der Waals surface area contributed by atoms with Crippen molar-refractivity contribution in [2.45, 2.75) is 50.9 Å². The lowest BCUT2D eigenvalue weighted by molar-refractivity contribution is -0.0244. The summed E-state index contributed by atoms with van der Waals surface area (Å²) in [5.74, 6) is 0. The fourth-order valence-corrected chi connectivity index (χ4v) is 3.06. The van der Waals surface area contributed by atoms with Crippen LogP contribution in [0.5, 0.6) is 0 Å². The molecule has 1 aromatic rings. The molecule has 0 radical (unpaired) electrons. The van der Waals surface area contributed by atoms with Gasteiger partial charge in [0.15, 0.2) is 0 Å². The first-order valence-electron chi connectivity index (χ1n) is 7.77. The average Bonchev–Trinajstić information content (AvgIpc) is 2.49. The second-order valence-electron chi connectivity index (χ2n) is 5.76. The van der Waals surface area contributed by atoms with E-state index in [1.54, 1.807) is 0 Å². The summed E-state index contributed by atoms with van der Waals surface area (Å²) in [7, 11) is 2.10. The minimum absolute atomic E-state index is 0.142. The number of ether oxygens (including phenoxy) is 1. The SMILES string of the molecule is CCC(C(O)c1ccccc1)N(C)CC1CCCCO1. The Labute approximate surface area is 122 Å². The molecule has 3 atom stereocenters. The van der Waals surface area contributed by atoms with Crippen LogP contribution in [0.4, 0.5) is 0 Å². The van der Waals surface area contributed by atoms with E-state index in [0.29, 0.717) is 6.10 Å². The van der Waals surface area contributed by atoms with Crippen LogP contribution in [0.15, 0.2) is 30.3 Å². The van der Waals surface area contributed by atoms with Crippen LogP contribution in [0.2, 0.25) is 0 Å². The van der Waals surface area contributed by atoms with Gasteiger partial charge in [0.2, 0.25) is 0 Å². The molecule has 2 rings (SSSR count). The van der Waals surface area contributed by atoms with Gasteiger partial charge in [0.25, 0.3) is 0 Å². The smallest absolute Gasteiger partial charge is 0.0944 e. The Kier molecular flexibility index (Phi) is 6.02. The summed E-state index contributed by atoms with van der Waals surface area (Å²) in [5, 5.41) is 10.6. The van der Waals surface area contributed by atoms with Crippen LogP contribution in [0.25, 0.3) is 0 Å².